The van der Waals surface area contributed by atoms with Gasteiger partial charge in [-0.15, -0.1) is 11.3 Å². The number of rotatable bonds is 4. The average Bonchev–Trinajstić information content (AvgIpc) is 3.07. The molecule has 4 rings (SSSR count). The Bertz CT molecular complexity index is 1210. The zero-order valence-corrected chi connectivity index (χ0v) is 17.6. The number of methoxy groups -OCH3 is 1. The first-order valence-electron chi connectivity index (χ1n) is 9.25. The Morgan fingerprint density at radius 2 is 1.76 bits per heavy atom. The van der Waals surface area contributed by atoms with Gasteiger partial charge in [-0.05, 0) is 61.7 Å². The molecule has 0 unspecified atom stereocenters. The molecule has 0 aliphatic heterocycles. The van der Waals surface area contributed by atoms with E-state index in [0.717, 1.165) is 32.8 Å². The number of hydrogen-bond acceptors (Lipinski definition) is 6. The number of carbonyl (C=O) groups is 1. The highest BCUT2D eigenvalue weighted by molar-refractivity contribution is 7.19. The highest BCUT2D eigenvalue weighted by Gasteiger charge is 2.17. The lowest BCUT2D eigenvalue weighted by Gasteiger charge is -2.10. The van der Waals surface area contributed by atoms with Crippen molar-refractivity contribution < 1.29 is 9.53 Å². The van der Waals surface area contributed by atoms with Crippen LogP contribution < -0.4 is 5.32 Å². The van der Waals surface area contributed by atoms with Gasteiger partial charge in [-0.25, -0.2) is 14.8 Å². The third-order valence-electron chi connectivity index (χ3n) is 5.03. The molecule has 2 heterocycles. The number of hydrogen-bond donors (Lipinski definition) is 1. The van der Waals surface area contributed by atoms with Crippen molar-refractivity contribution in [3.63, 3.8) is 0 Å². The number of anilines is 2. The van der Waals surface area contributed by atoms with Gasteiger partial charge in [0.15, 0.2) is 0 Å². The van der Waals surface area contributed by atoms with Gasteiger partial charge in [0.1, 0.15) is 17.0 Å². The first-order chi connectivity index (χ1) is 14.0. The van der Waals surface area contributed by atoms with Gasteiger partial charge in [0.2, 0.25) is 0 Å². The van der Waals surface area contributed by atoms with Crippen LogP contribution >= 0.6 is 11.3 Å². The summed E-state index contributed by atoms with van der Waals surface area (Å²) in [4.78, 5) is 22.8. The number of nitrogens with one attached hydrogen (secondary N) is 1. The van der Waals surface area contributed by atoms with E-state index in [1.807, 2.05) is 12.1 Å². The fourth-order valence-corrected chi connectivity index (χ4v) is 4.34. The second-order valence-electron chi connectivity index (χ2n) is 6.93. The minimum absolute atomic E-state index is 0.355. The van der Waals surface area contributed by atoms with E-state index in [-0.39, 0.29) is 5.97 Å². The summed E-state index contributed by atoms with van der Waals surface area (Å²) in [5, 5.41) is 4.39. The molecule has 4 aromatic rings. The monoisotopic (exact) mass is 403 g/mol. The molecule has 6 heteroatoms. The quantitative estimate of drug-likeness (QED) is 0.435. The highest BCUT2D eigenvalue weighted by atomic mass is 32.1. The van der Waals surface area contributed by atoms with Crippen LogP contribution in [0.15, 0.2) is 48.8 Å². The fourth-order valence-electron chi connectivity index (χ4n) is 3.33. The molecule has 146 valence electrons. The lowest BCUT2D eigenvalue weighted by molar-refractivity contribution is 0.0601. The first-order valence-corrected chi connectivity index (χ1v) is 10.1. The zero-order valence-electron chi connectivity index (χ0n) is 16.7. The summed E-state index contributed by atoms with van der Waals surface area (Å²) in [7, 11) is 1.37. The molecular weight excluding hydrogens is 382 g/mol. The average molecular weight is 404 g/mol. The molecule has 0 fully saturated rings. The summed E-state index contributed by atoms with van der Waals surface area (Å²) in [6.45, 7) is 6.36. The summed E-state index contributed by atoms with van der Waals surface area (Å²) < 4.78 is 4.76. The van der Waals surface area contributed by atoms with E-state index < -0.39 is 0 Å². The van der Waals surface area contributed by atoms with Gasteiger partial charge in [0.25, 0.3) is 0 Å². The molecule has 2 aromatic heterocycles. The Kier molecular flexibility index (Phi) is 5.03. The van der Waals surface area contributed by atoms with Gasteiger partial charge in [-0.1, -0.05) is 18.2 Å². The smallest absolute Gasteiger partial charge is 0.337 e. The van der Waals surface area contributed by atoms with Crippen LogP contribution in [0.4, 0.5) is 11.5 Å². The maximum atomic E-state index is 11.7. The summed E-state index contributed by atoms with van der Waals surface area (Å²) >= 11 is 1.67. The number of thiophene rings is 1. The Morgan fingerprint density at radius 1 is 1.00 bits per heavy atom. The lowest BCUT2D eigenvalue weighted by atomic mass is 9.99. The topological polar surface area (TPSA) is 64.1 Å². The van der Waals surface area contributed by atoms with Crippen molar-refractivity contribution in [1.29, 1.82) is 0 Å². The van der Waals surface area contributed by atoms with Crippen molar-refractivity contribution in [3.8, 4) is 11.1 Å². The van der Waals surface area contributed by atoms with E-state index in [4.69, 9.17) is 4.74 Å². The predicted molar refractivity (Wildman–Crippen MR) is 118 cm³/mol. The third kappa shape index (κ3) is 3.59. The van der Waals surface area contributed by atoms with Crippen LogP contribution in [0.25, 0.3) is 21.3 Å². The molecule has 0 bridgehead atoms. The molecule has 0 amide bonds. The molecule has 5 nitrogen and oxygen atoms in total. The van der Waals surface area contributed by atoms with Gasteiger partial charge in [-0.3, -0.25) is 0 Å². The van der Waals surface area contributed by atoms with E-state index in [1.54, 1.807) is 29.8 Å². The molecule has 0 aliphatic carbocycles. The molecule has 0 spiro atoms. The number of nitrogens with zero attached hydrogens (tertiary/aromatic N) is 2. The van der Waals surface area contributed by atoms with E-state index in [0.29, 0.717) is 5.56 Å². The number of aryl methyl sites for hydroxylation is 3. The molecule has 0 radical (unpaired) electrons. The number of esters is 1. The van der Waals surface area contributed by atoms with Crippen molar-refractivity contribution in [2.45, 2.75) is 20.8 Å². The summed E-state index contributed by atoms with van der Waals surface area (Å²) in [6.07, 6.45) is 1.58. The Hall–Kier alpha value is -3.25. The number of ether oxygens (including phenoxy) is 1. The molecule has 0 atom stereocenters. The van der Waals surface area contributed by atoms with Crippen molar-refractivity contribution in [2.75, 3.05) is 12.4 Å². The van der Waals surface area contributed by atoms with Crippen LogP contribution in [-0.4, -0.2) is 23.0 Å². The Balaban J connectivity index is 1.79. The molecule has 2 aromatic carbocycles. The summed E-state index contributed by atoms with van der Waals surface area (Å²) in [5.41, 5.74) is 6.19. The van der Waals surface area contributed by atoms with E-state index in [9.17, 15) is 4.79 Å². The van der Waals surface area contributed by atoms with Crippen LogP contribution in [0, 0.1) is 20.8 Å². The molecule has 29 heavy (non-hydrogen) atoms. The molecule has 0 saturated carbocycles. The first kappa shape index (κ1) is 19.1. The SMILES string of the molecule is COC(=O)c1ccc(Nc2ncnc3sc(C)c(-c4ccc(C)c(C)c4)c23)cc1. The number of aromatic nitrogens is 2. The zero-order chi connectivity index (χ0) is 20.5. The highest BCUT2D eigenvalue weighted by Crippen LogP contribution is 2.41. The third-order valence-corrected chi connectivity index (χ3v) is 6.04. The molecular formula is C23H21N3O2S. The molecule has 0 saturated heterocycles. The Morgan fingerprint density at radius 3 is 2.45 bits per heavy atom. The molecule has 0 aliphatic rings. The minimum atomic E-state index is -0.355. The van der Waals surface area contributed by atoms with Gasteiger partial charge in [-0.2, -0.15) is 0 Å². The Labute approximate surface area is 173 Å². The van der Waals surface area contributed by atoms with Crippen LogP contribution in [0.2, 0.25) is 0 Å². The van der Waals surface area contributed by atoms with Crippen LogP contribution in [0.5, 0.6) is 0 Å². The number of fused-ring (bicyclic) bond motifs is 1. The summed E-state index contributed by atoms with van der Waals surface area (Å²) in [5.74, 6) is 0.393. The minimum Gasteiger partial charge on any atom is -0.465 e. The van der Waals surface area contributed by atoms with Crippen molar-refractivity contribution >= 4 is 39.0 Å². The standard InChI is InChI=1S/C23H21N3O2S/c1-13-5-6-17(11-14(13)2)19-15(3)29-22-20(19)21(24-12-25-22)26-18-9-7-16(8-10-18)23(27)28-4/h5-12H,1-4H3,(H,24,25,26). The van der Waals surface area contributed by atoms with E-state index in [2.05, 4.69) is 54.3 Å². The van der Waals surface area contributed by atoms with E-state index >= 15 is 0 Å². The lowest BCUT2D eigenvalue weighted by Crippen LogP contribution is -2.01. The van der Waals surface area contributed by atoms with Gasteiger partial charge < -0.3 is 10.1 Å². The van der Waals surface area contributed by atoms with Crippen LogP contribution in [-0.2, 0) is 4.74 Å². The number of benzene rings is 2. The van der Waals surface area contributed by atoms with Crippen LogP contribution in [0.1, 0.15) is 26.4 Å². The van der Waals surface area contributed by atoms with Crippen molar-refractivity contribution in [1.82, 2.24) is 9.97 Å². The maximum Gasteiger partial charge on any atom is 0.337 e. The van der Waals surface area contributed by atoms with Gasteiger partial charge in [0.05, 0.1) is 18.1 Å². The van der Waals surface area contributed by atoms with E-state index in [1.165, 1.54) is 23.1 Å². The second-order valence-corrected chi connectivity index (χ2v) is 8.13. The van der Waals surface area contributed by atoms with Gasteiger partial charge in [0, 0.05) is 16.1 Å². The maximum absolute atomic E-state index is 11.7. The summed E-state index contributed by atoms with van der Waals surface area (Å²) in [6, 6.07) is 13.7. The van der Waals surface area contributed by atoms with Crippen molar-refractivity contribution in [3.05, 3.63) is 70.4 Å². The normalized spacial score (nSPS) is 10.9. The molecule has 1 N–H and O–H groups in total. The largest absolute Gasteiger partial charge is 0.465 e. The van der Waals surface area contributed by atoms with Crippen LogP contribution in [0.3, 0.4) is 0 Å². The van der Waals surface area contributed by atoms with Crippen molar-refractivity contribution in [2.24, 2.45) is 0 Å². The van der Waals surface area contributed by atoms with Gasteiger partial charge >= 0.3 is 5.97 Å². The fraction of sp³-hybridized carbons (Fsp3) is 0.174. The predicted octanol–water partition coefficient (Wildman–Crippen LogP) is 5.81. The number of carbonyl (C=O) groups excluding carboxylic acids is 1. The second kappa shape index (κ2) is 7.64.